The number of halogens is 1. The van der Waals surface area contributed by atoms with Crippen LogP contribution in [0.5, 0.6) is 11.5 Å². The molecule has 1 amide bonds. The first-order valence-corrected chi connectivity index (χ1v) is 9.04. The zero-order chi connectivity index (χ0) is 18.8. The molecule has 27 heavy (non-hydrogen) atoms. The summed E-state index contributed by atoms with van der Waals surface area (Å²) < 4.78 is 16.6. The number of benzene rings is 2. The molecule has 0 saturated heterocycles. The molecule has 0 bridgehead atoms. The van der Waals surface area contributed by atoms with E-state index in [9.17, 15) is 9.59 Å². The van der Waals surface area contributed by atoms with Crippen LogP contribution >= 0.6 is 15.9 Å². The monoisotopic (exact) mass is 430 g/mol. The van der Waals surface area contributed by atoms with E-state index in [0.29, 0.717) is 34.9 Å². The van der Waals surface area contributed by atoms with Crippen molar-refractivity contribution in [2.75, 3.05) is 25.1 Å². The van der Waals surface area contributed by atoms with Crippen molar-refractivity contribution in [3.05, 3.63) is 52.6 Å². The predicted octanol–water partition coefficient (Wildman–Crippen LogP) is 3.50. The first-order valence-electron chi connectivity index (χ1n) is 8.24. The highest BCUT2D eigenvalue weighted by Gasteiger charge is 2.19. The molecule has 3 aromatic rings. The maximum absolute atomic E-state index is 12.3. The largest absolute Gasteiger partial charge is 0.486 e. The summed E-state index contributed by atoms with van der Waals surface area (Å²) in [6.07, 6.45) is 0. The van der Waals surface area contributed by atoms with Gasteiger partial charge in [0.25, 0.3) is 5.91 Å². The van der Waals surface area contributed by atoms with Crippen molar-refractivity contribution in [1.29, 1.82) is 0 Å². The van der Waals surface area contributed by atoms with Crippen LogP contribution < -0.4 is 14.8 Å². The number of ether oxygens (including phenoxy) is 3. The zero-order valence-electron chi connectivity index (χ0n) is 14.1. The molecule has 138 valence electrons. The SMILES string of the molecule is O=C(COC(=O)c1[nH]c2ccccc2c1Br)Nc1ccc2c(c1)OCCO2. The van der Waals surface area contributed by atoms with E-state index < -0.39 is 18.5 Å². The number of anilines is 1. The molecule has 4 rings (SSSR count). The van der Waals surface area contributed by atoms with Crippen LogP contribution in [-0.4, -0.2) is 36.7 Å². The lowest BCUT2D eigenvalue weighted by Crippen LogP contribution is -2.21. The van der Waals surface area contributed by atoms with E-state index in [1.54, 1.807) is 18.2 Å². The number of aromatic amines is 1. The van der Waals surface area contributed by atoms with Crippen LogP contribution in [0.1, 0.15) is 10.5 Å². The third-order valence-corrected chi connectivity index (χ3v) is 4.83. The van der Waals surface area contributed by atoms with E-state index in [-0.39, 0.29) is 5.69 Å². The van der Waals surface area contributed by atoms with E-state index in [1.165, 1.54) is 0 Å². The first kappa shape index (κ1) is 17.4. The standard InChI is InChI=1S/C19H15BrN2O5/c20-17-12-3-1-2-4-13(12)22-18(17)19(24)27-10-16(23)21-11-5-6-14-15(9-11)26-8-7-25-14/h1-6,9,22H,7-8,10H2,(H,21,23). The Morgan fingerprint density at radius 1 is 1.11 bits per heavy atom. The minimum atomic E-state index is -0.615. The molecule has 0 radical (unpaired) electrons. The molecule has 0 fully saturated rings. The lowest BCUT2D eigenvalue weighted by Gasteiger charge is -2.19. The smallest absolute Gasteiger partial charge is 0.356 e. The number of rotatable bonds is 4. The first-order chi connectivity index (χ1) is 13.1. The normalized spacial score (nSPS) is 12.6. The van der Waals surface area contributed by atoms with Gasteiger partial charge in [0.05, 0.1) is 4.47 Å². The Bertz CT molecular complexity index is 1030. The number of nitrogens with one attached hydrogen (secondary N) is 2. The fourth-order valence-corrected chi connectivity index (χ4v) is 3.38. The van der Waals surface area contributed by atoms with Gasteiger partial charge in [0, 0.05) is 22.7 Å². The number of para-hydroxylation sites is 1. The van der Waals surface area contributed by atoms with Crippen molar-refractivity contribution in [2.45, 2.75) is 0 Å². The average Bonchev–Trinajstić information content (AvgIpc) is 3.03. The summed E-state index contributed by atoms with van der Waals surface area (Å²) in [6.45, 7) is 0.550. The molecule has 0 saturated carbocycles. The molecule has 0 aliphatic carbocycles. The second kappa shape index (κ2) is 7.32. The van der Waals surface area contributed by atoms with Crippen LogP contribution in [0.2, 0.25) is 0 Å². The van der Waals surface area contributed by atoms with Crippen LogP contribution in [0.25, 0.3) is 10.9 Å². The van der Waals surface area contributed by atoms with Crippen molar-refractivity contribution in [1.82, 2.24) is 4.98 Å². The molecular formula is C19H15BrN2O5. The number of carbonyl (C=O) groups is 2. The van der Waals surface area contributed by atoms with Crippen LogP contribution in [0.15, 0.2) is 46.9 Å². The van der Waals surface area contributed by atoms with Crippen molar-refractivity contribution in [3.8, 4) is 11.5 Å². The molecule has 2 heterocycles. The zero-order valence-corrected chi connectivity index (χ0v) is 15.7. The van der Waals surface area contributed by atoms with Gasteiger partial charge in [-0.1, -0.05) is 18.2 Å². The highest BCUT2D eigenvalue weighted by molar-refractivity contribution is 9.10. The Labute approximate surface area is 162 Å². The van der Waals surface area contributed by atoms with E-state index in [1.807, 2.05) is 24.3 Å². The lowest BCUT2D eigenvalue weighted by atomic mass is 10.2. The van der Waals surface area contributed by atoms with Gasteiger partial charge in [0.15, 0.2) is 18.1 Å². The number of hydrogen-bond donors (Lipinski definition) is 2. The van der Waals surface area contributed by atoms with Gasteiger partial charge in [-0.15, -0.1) is 0 Å². The fourth-order valence-electron chi connectivity index (χ4n) is 2.77. The number of aromatic nitrogens is 1. The van der Waals surface area contributed by atoms with Gasteiger partial charge >= 0.3 is 5.97 Å². The van der Waals surface area contributed by atoms with E-state index >= 15 is 0 Å². The quantitative estimate of drug-likeness (QED) is 0.618. The number of H-pyrrole nitrogens is 1. The van der Waals surface area contributed by atoms with E-state index in [2.05, 4.69) is 26.2 Å². The summed E-state index contributed by atoms with van der Waals surface area (Å²) >= 11 is 3.39. The van der Waals surface area contributed by atoms with Crippen LogP contribution in [0.3, 0.4) is 0 Å². The molecule has 2 aromatic carbocycles. The van der Waals surface area contributed by atoms with Crippen LogP contribution in [0, 0.1) is 0 Å². The molecular weight excluding hydrogens is 416 g/mol. The second-order valence-electron chi connectivity index (χ2n) is 5.84. The van der Waals surface area contributed by atoms with Crippen LogP contribution in [-0.2, 0) is 9.53 Å². The van der Waals surface area contributed by atoms with Gasteiger partial charge in [0.2, 0.25) is 0 Å². The summed E-state index contributed by atoms with van der Waals surface area (Å²) in [6, 6.07) is 12.5. The maximum atomic E-state index is 12.3. The third-order valence-electron chi connectivity index (χ3n) is 4.01. The topological polar surface area (TPSA) is 89.7 Å². The summed E-state index contributed by atoms with van der Waals surface area (Å²) in [5.41, 5.74) is 1.60. The molecule has 0 unspecified atom stereocenters. The summed E-state index contributed by atoms with van der Waals surface area (Å²) in [5, 5.41) is 3.53. The molecule has 0 atom stereocenters. The lowest BCUT2D eigenvalue weighted by molar-refractivity contribution is -0.119. The molecule has 2 N–H and O–H groups in total. The predicted molar refractivity (Wildman–Crippen MR) is 102 cm³/mol. The second-order valence-corrected chi connectivity index (χ2v) is 6.64. The molecule has 1 aromatic heterocycles. The van der Waals surface area contributed by atoms with Crippen molar-refractivity contribution in [3.63, 3.8) is 0 Å². The fraction of sp³-hybridized carbons (Fsp3) is 0.158. The van der Waals surface area contributed by atoms with Crippen LogP contribution in [0.4, 0.5) is 5.69 Å². The van der Waals surface area contributed by atoms with Gasteiger partial charge in [-0.05, 0) is 34.1 Å². The van der Waals surface area contributed by atoms with Gasteiger partial charge in [-0.2, -0.15) is 0 Å². The number of hydrogen-bond acceptors (Lipinski definition) is 5. The summed E-state index contributed by atoms with van der Waals surface area (Å²) in [5.74, 6) is 0.134. The van der Waals surface area contributed by atoms with Crippen molar-refractivity contribution < 1.29 is 23.8 Å². The molecule has 1 aliphatic rings. The highest BCUT2D eigenvalue weighted by Crippen LogP contribution is 2.32. The molecule has 1 aliphatic heterocycles. The molecule has 8 heteroatoms. The van der Waals surface area contributed by atoms with E-state index in [4.69, 9.17) is 14.2 Å². The van der Waals surface area contributed by atoms with Gasteiger partial charge in [-0.3, -0.25) is 4.79 Å². The highest BCUT2D eigenvalue weighted by atomic mass is 79.9. The minimum Gasteiger partial charge on any atom is -0.486 e. The summed E-state index contributed by atoms with van der Waals surface area (Å²) in [4.78, 5) is 27.4. The number of fused-ring (bicyclic) bond motifs is 2. The number of amides is 1. The number of esters is 1. The Balaban J connectivity index is 1.38. The Morgan fingerprint density at radius 3 is 2.70 bits per heavy atom. The van der Waals surface area contributed by atoms with Crippen molar-refractivity contribution in [2.24, 2.45) is 0 Å². The van der Waals surface area contributed by atoms with Gasteiger partial charge in [0.1, 0.15) is 18.9 Å². The Morgan fingerprint density at radius 2 is 1.89 bits per heavy atom. The maximum Gasteiger partial charge on any atom is 0.356 e. The van der Waals surface area contributed by atoms with E-state index in [0.717, 1.165) is 10.9 Å². The minimum absolute atomic E-state index is 0.267. The molecule has 0 spiro atoms. The van der Waals surface area contributed by atoms with Gasteiger partial charge in [-0.25, -0.2) is 4.79 Å². The average molecular weight is 431 g/mol. The Kier molecular flexibility index (Phi) is 4.72. The number of carbonyl (C=O) groups excluding carboxylic acids is 2. The van der Waals surface area contributed by atoms with Crippen molar-refractivity contribution >= 4 is 44.4 Å². The molecule has 7 nitrogen and oxygen atoms in total. The third kappa shape index (κ3) is 3.61. The Hall–Kier alpha value is -3.00. The van der Waals surface area contributed by atoms with Gasteiger partial charge < -0.3 is 24.5 Å². The summed E-state index contributed by atoms with van der Waals surface area (Å²) in [7, 11) is 0.